The van der Waals surface area contributed by atoms with E-state index in [0.717, 1.165) is 11.4 Å². The third-order valence-electron chi connectivity index (χ3n) is 2.05. The molecule has 0 spiro atoms. The average molecular weight is 162 g/mol. The highest BCUT2D eigenvalue weighted by Gasteiger charge is 2.04. The molecule has 0 aliphatic heterocycles. The second-order valence-electron chi connectivity index (χ2n) is 2.90. The lowest BCUT2D eigenvalue weighted by Crippen LogP contribution is -2.02. The Morgan fingerprint density at radius 3 is 2.58 bits per heavy atom. The monoisotopic (exact) mass is 162 g/mol. The number of aliphatic imine (C=N–C) groups is 1. The Labute approximate surface area is 73.4 Å². The number of aromatic nitrogens is 1. The van der Waals surface area contributed by atoms with Crippen LogP contribution in [0.2, 0.25) is 0 Å². The number of hydrogen-bond donors (Lipinski definition) is 0. The number of pyridine rings is 1. The molecule has 0 unspecified atom stereocenters. The Morgan fingerprint density at radius 1 is 1.42 bits per heavy atom. The van der Waals surface area contributed by atoms with Crippen molar-refractivity contribution in [1.82, 2.24) is 4.98 Å². The molecule has 0 amide bonds. The van der Waals surface area contributed by atoms with Gasteiger partial charge in [0.15, 0.2) is 0 Å². The zero-order valence-corrected chi connectivity index (χ0v) is 8.05. The fourth-order valence-electron chi connectivity index (χ4n) is 1.35. The predicted octanol–water partition coefficient (Wildman–Crippen LogP) is 2.14. The summed E-state index contributed by atoms with van der Waals surface area (Å²) in [5.41, 5.74) is 4.53. The van der Waals surface area contributed by atoms with Crippen LogP contribution >= 0.6 is 0 Å². The molecule has 0 saturated heterocycles. The highest BCUT2D eigenvalue weighted by Crippen LogP contribution is 2.11. The van der Waals surface area contributed by atoms with Gasteiger partial charge in [0.1, 0.15) is 0 Å². The summed E-state index contributed by atoms with van der Waals surface area (Å²) in [5.74, 6) is 0. The van der Waals surface area contributed by atoms with E-state index >= 15 is 0 Å². The summed E-state index contributed by atoms with van der Waals surface area (Å²) in [6.07, 6.45) is 1.83. The van der Waals surface area contributed by atoms with Crippen molar-refractivity contribution >= 4 is 5.71 Å². The van der Waals surface area contributed by atoms with Gasteiger partial charge in [0.05, 0.1) is 0 Å². The highest BCUT2D eigenvalue weighted by atomic mass is 14.7. The van der Waals surface area contributed by atoms with Gasteiger partial charge in [-0.2, -0.15) is 0 Å². The SMILES string of the molecule is CN=C(C)c1c(C)ccnc1C. The van der Waals surface area contributed by atoms with Crippen molar-refractivity contribution in [3.8, 4) is 0 Å². The van der Waals surface area contributed by atoms with Gasteiger partial charge in [0, 0.05) is 30.2 Å². The maximum absolute atomic E-state index is 4.23. The van der Waals surface area contributed by atoms with Crippen LogP contribution in [-0.4, -0.2) is 17.7 Å². The van der Waals surface area contributed by atoms with Crippen molar-refractivity contribution in [3.05, 3.63) is 29.1 Å². The second-order valence-corrected chi connectivity index (χ2v) is 2.90. The first-order valence-electron chi connectivity index (χ1n) is 4.02. The molecule has 1 aromatic rings. The quantitative estimate of drug-likeness (QED) is 0.581. The molecule has 0 atom stereocenters. The molecule has 1 rings (SSSR count). The van der Waals surface area contributed by atoms with Gasteiger partial charge >= 0.3 is 0 Å². The van der Waals surface area contributed by atoms with Crippen LogP contribution in [0.5, 0.6) is 0 Å². The molecule has 1 aromatic heterocycles. The molecule has 0 fully saturated rings. The molecule has 0 N–H and O–H groups in total. The van der Waals surface area contributed by atoms with Crippen LogP contribution in [0.3, 0.4) is 0 Å². The fraction of sp³-hybridized carbons (Fsp3) is 0.400. The van der Waals surface area contributed by atoms with Gasteiger partial charge in [-0.05, 0) is 32.4 Å². The van der Waals surface area contributed by atoms with Crippen LogP contribution < -0.4 is 0 Å². The van der Waals surface area contributed by atoms with Gasteiger partial charge in [0.2, 0.25) is 0 Å². The van der Waals surface area contributed by atoms with Gasteiger partial charge in [-0.3, -0.25) is 9.98 Å². The fourth-order valence-corrected chi connectivity index (χ4v) is 1.35. The highest BCUT2D eigenvalue weighted by molar-refractivity contribution is 6.00. The van der Waals surface area contributed by atoms with Crippen LogP contribution in [0.1, 0.15) is 23.7 Å². The van der Waals surface area contributed by atoms with Crippen LogP contribution in [0.4, 0.5) is 0 Å². The van der Waals surface area contributed by atoms with Crippen LogP contribution in [-0.2, 0) is 0 Å². The van der Waals surface area contributed by atoms with E-state index < -0.39 is 0 Å². The van der Waals surface area contributed by atoms with Crippen molar-refractivity contribution in [1.29, 1.82) is 0 Å². The van der Waals surface area contributed by atoms with E-state index in [9.17, 15) is 0 Å². The van der Waals surface area contributed by atoms with Crippen LogP contribution in [0, 0.1) is 13.8 Å². The first-order valence-corrected chi connectivity index (χ1v) is 4.02. The van der Waals surface area contributed by atoms with Crippen molar-refractivity contribution in [2.24, 2.45) is 4.99 Å². The molecule has 0 aliphatic carbocycles. The Hall–Kier alpha value is -1.18. The van der Waals surface area contributed by atoms with Gasteiger partial charge in [-0.1, -0.05) is 0 Å². The zero-order chi connectivity index (χ0) is 9.14. The second kappa shape index (κ2) is 3.48. The minimum absolute atomic E-state index is 1.05. The largest absolute Gasteiger partial charge is 0.293 e. The smallest absolute Gasteiger partial charge is 0.0465 e. The summed E-state index contributed by atoms with van der Waals surface area (Å²) in [6.45, 7) is 6.10. The van der Waals surface area contributed by atoms with E-state index in [-0.39, 0.29) is 0 Å². The number of nitrogens with zero attached hydrogens (tertiary/aromatic N) is 2. The molecule has 12 heavy (non-hydrogen) atoms. The zero-order valence-electron chi connectivity index (χ0n) is 8.05. The van der Waals surface area contributed by atoms with E-state index in [0.29, 0.717) is 0 Å². The number of aryl methyl sites for hydroxylation is 2. The topological polar surface area (TPSA) is 25.2 Å². The normalized spacial score (nSPS) is 11.8. The molecule has 2 heteroatoms. The molecule has 0 bridgehead atoms. The lowest BCUT2D eigenvalue weighted by molar-refractivity contribution is 1.16. The summed E-state index contributed by atoms with van der Waals surface area (Å²) in [6, 6.07) is 2.01. The lowest BCUT2D eigenvalue weighted by atomic mass is 10.0. The Kier molecular flexibility index (Phi) is 2.58. The molecule has 0 aromatic carbocycles. The van der Waals surface area contributed by atoms with Gasteiger partial charge < -0.3 is 0 Å². The molecule has 1 heterocycles. The Morgan fingerprint density at radius 2 is 2.08 bits per heavy atom. The van der Waals surface area contributed by atoms with Crippen molar-refractivity contribution in [2.45, 2.75) is 20.8 Å². The molecule has 64 valence electrons. The van der Waals surface area contributed by atoms with E-state index in [1.807, 2.05) is 26.1 Å². The minimum atomic E-state index is 1.05. The maximum Gasteiger partial charge on any atom is 0.0465 e. The molecular formula is C10H14N2. The van der Waals surface area contributed by atoms with Gasteiger partial charge in [-0.15, -0.1) is 0 Å². The standard InChI is InChI=1S/C10H14N2/c1-7-5-6-12-9(3)10(7)8(2)11-4/h5-6H,1-4H3. The molecular weight excluding hydrogens is 148 g/mol. The van der Waals surface area contributed by atoms with E-state index in [1.165, 1.54) is 11.1 Å². The first kappa shape index (κ1) is 8.91. The predicted molar refractivity (Wildman–Crippen MR) is 51.8 cm³/mol. The van der Waals surface area contributed by atoms with Crippen LogP contribution in [0.15, 0.2) is 17.3 Å². The summed E-state index contributed by atoms with van der Waals surface area (Å²) >= 11 is 0. The van der Waals surface area contributed by atoms with Gasteiger partial charge in [0.25, 0.3) is 0 Å². The molecule has 0 saturated carbocycles. The Bertz CT molecular complexity index is 293. The number of rotatable bonds is 1. The van der Waals surface area contributed by atoms with E-state index in [2.05, 4.69) is 16.9 Å². The Balaban J connectivity index is 3.31. The van der Waals surface area contributed by atoms with Gasteiger partial charge in [-0.25, -0.2) is 0 Å². The van der Waals surface area contributed by atoms with Crippen molar-refractivity contribution in [3.63, 3.8) is 0 Å². The van der Waals surface area contributed by atoms with E-state index in [1.54, 1.807) is 7.05 Å². The van der Waals surface area contributed by atoms with Crippen molar-refractivity contribution < 1.29 is 0 Å². The maximum atomic E-state index is 4.23. The number of hydrogen-bond acceptors (Lipinski definition) is 2. The van der Waals surface area contributed by atoms with Crippen LogP contribution in [0.25, 0.3) is 0 Å². The van der Waals surface area contributed by atoms with Crippen molar-refractivity contribution in [2.75, 3.05) is 7.05 Å². The summed E-state index contributed by atoms with van der Waals surface area (Å²) in [4.78, 5) is 8.39. The lowest BCUT2D eigenvalue weighted by Gasteiger charge is -2.06. The molecule has 2 nitrogen and oxygen atoms in total. The average Bonchev–Trinajstić information content (AvgIpc) is 2.03. The summed E-state index contributed by atoms with van der Waals surface area (Å²) < 4.78 is 0. The minimum Gasteiger partial charge on any atom is -0.293 e. The molecule has 0 aliphatic rings. The summed E-state index contributed by atoms with van der Waals surface area (Å²) in [7, 11) is 1.81. The third-order valence-corrected chi connectivity index (χ3v) is 2.05. The first-order chi connectivity index (χ1) is 5.66. The molecule has 0 radical (unpaired) electrons. The third kappa shape index (κ3) is 1.52. The summed E-state index contributed by atoms with van der Waals surface area (Å²) in [5, 5.41) is 0. The van der Waals surface area contributed by atoms with E-state index in [4.69, 9.17) is 0 Å².